The Kier molecular flexibility index (Phi) is 6.88. The number of fused-ring (bicyclic) bond motifs is 1. The Labute approximate surface area is 192 Å². The van der Waals surface area contributed by atoms with Crippen LogP contribution in [0.15, 0.2) is 95.9 Å². The van der Waals surface area contributed by atoms with Crippen LogP contribution in [0.2, 0.25) is 0 Å². The molecule has 3 aromatic rings. The molecule has 6 atom stereocenters. The lowest BCUT2D eigenvalue weighted by molar-refractivity contribution is -0.325. The zero-order valence-electron chi connectivity index (χ0n) is 17.5. The van der Waals surface area contributed by atoms with Crippen LogP contribution >= 0.6 is 11.8 Å². The normalized spacial score (nSPS) is 29.9. The van der Waals surface area contributed by atoms with Crippen LogP contribution in [0.5, 0.6) is 0 Å². The third-order valence-electron chi connectivity index (χ3n) is 5.66. The van der Waals surface area contributed by atoms with Gasteiger partial charge in [0, 0.05) is 10.5 Å². The summed E-state index contributed by atoms with van der Waals surface area (Å²) in [5.41, 5.74) is 1.49. The second kappa shape index (κ2) is 10.2. The molecule has 2 aliphatic rings. The number of thioether (sulfide) groups is 1. The molecule has 32 heavy (non-hydrogen) atoms. The number of ether oxygens (including phenoxy) is 4. The summed E-state index contributed by atoms with van der Waals surface area (Å²) in [5, 5.41) is 11.3. The highest BCUT2D eigenvalue weighted by Gasteiger charge is 2.50. The average Bonchev–Trinajstić information content (AvgIpc) is 2.86. The van der Waals surface area contributed by atoms with Crippen LogP contribution in [-0.4, -0.2) is 41.6 Å². The molecule has 0 aliphatic carbocycles. The predicted molar refractivity (Wildman–Crippen MR) is 122 cm³/mol. The van der Waals surface area contributed by atoms with E-state index in [0.29, 0.717) is 13.2 Å². The number of benzene rings is 3. The van der Waals surface area contributed by atoms with E-state index in [1.54, 1.807) is 0 Å². The number of hydrogen-bond acceptors (Lipinski definition) is 6. The molecule has 0 aromatic heterocycles. The van der Waals surface area contributed by atoms with Gasteiger partial charge in [-0.1, -0.05) is 90.6 Å². The van der Waals surface area contributed by atoms with Crippen molar-refractivity contribution in [1.29, 1.82) is 0 Å². The lowest BCUT2D eigenvalue weighted by atomic mass is 9.98. The lowest BCUT2D eigenvalue weighted by Gasteiger charge is -2.47. The number of hydrogen-bond donors (Lipinski definition) is 1. The minimum atomic E-state index is -0.861. The van der Waals surface area contributed by atoms with Crippen molar-refractivity contribution >= 4 is 11.8 Å². The largest absolute Gasteiger partial charge is 0.387 e. The van der Waals surface area contributed by atoms with Gasteiger partial charge in [0.1, 0.15) is 29.9 Å². The Hall–Kier alpha value is -2.19. The Bertz CT molecular complexity index is 971. The smallest absolute Gasteiger partial charge is 0.184 e. The SMILES string of the molecule is OC1[C@@H](Sc2ccccc2)OC2COC(c3ccccc3)O[C@H]2[C@@H]1OCc1ccccc1. The molecule has 5 nitrogen and oxygen atoms in total. The number of rotatable bonds is 6. The standard InChI is InChI=1S/C26H26O5S/c27-22-24(28-16-18-10-4-1-5-11-18)23-21(30-26(22)32-20-14-8-3-9-15-20)17-29-25(31-23)19-12-6-2-7-13-19/h1-15,21-27H,16-17H2/t21?,22?,23-,24-,25?,26-/m1/s1. The molecule has 166 valence electrons. The first-order chi connectivity index (χ1) is 15.8. The van der Waals surface area contributed by atoms with Crippen LogP contribution in [0.3, 0.4) is 0 Å². The Morgan fingerprint density at radius 1 is 0.844 bits per heavy atom. The second-order valence-corrected chi connectivity index (χ2v) is 9.07. The van der Waals surface area contributed by atoms with E-state index >= 15 is 0 Å². The molecule has 2 heterocycles. The minimum Gasteiger partial charge on any atom is -0.387 e. The maximum Gasteiger partial charge on any atom is 0.184 e. The molecule has 3 unspecified atom stereocenters. The van der Waals surface area contributed by atoms with E-state index in [9.17, 15) is 5.11 Å². The highest BCUT2D eigenvalue weighted by Crippen LogP contribution is 2.40. The van der Waals surface area contributed by atoms with Crippen molar-refractivity contribution in [1.82, 2.24) is 0 Å². The van der Waals surface area contributed by atoms with Gasteiger partial charge in [-0.15, -0.1) is 0 Å². The number of aliphatic hydroxyl groups is 1. The van der Waals surface area contributed by atoms with E-state index < -0.39 is 30.0 Å². The van der Waals surface area contributed by atoms with Crippen molar-refractivity contribution in [3.05, 3.63) is 102 Å². The molecule has 6 heteroatoms. The summed E-state index contributed by atoms with van der Waals surface area (Å²) < 4.78 is 24.8. The van der Waals surface area contributed by atoms with Gasteiger partial charge in [-0.05, 0) is 17.7 Å². The minimum absolute atomic E-state index is 0.333. The highest BCUT2D eigenvalue weighted by atomic mass is 32.2. The maximum absolute atomic E-state index is 11.3. The van der Waals surface area contributed by atoms with Crippen LogP contribution < -0.4 is 0 Å². The van der Waals surface area contributed by atoms with Gasteiger partial charge in [-0.2, -0.15) is 0 Å². The van der Waals surface area contributed by atoms with Crippen molar-refractivity contribution < 1.29 is 24.1 Å². The Balaban J connectivity index is 1.36. The maximum atomic E-state index is 11.3. The molecule has 2 aliphatic heterocycles. The molecule has 0 spiro atoms. The van der Waals surface area contributed by atoms with Crippen molar-refractivity contribution in [3.8, 4) is 0 Å². The molecule has 5 rings (SSSR count). The summed E-state index contributed by atoms with van der Waals surface area (Å²) in [6.07, 6.45) is -2.71. The molecule has 0 saturated carbocycles. The summed E-state index contributed by atoms with van der Waals surface area (Å²) in [6.45, 7) is 0.753. The van der Waals surface area contributed by atoms with E-state index in [-0.39, 0.29) is 6.10 Å². The third-order valence-corrected chi connectivity index (χ3v) is 6.83. The first-order valence-electron chi connectivity index (χ1n) is 10.8. The van der Waals surface area contributed by atoms with Crippen LogP contribution in [0.4, 0.5) is 0 Å². The first kappa shape index (κ1) is 21.6. The van der Waals surface area contributed by atoms with E-state index in [2.05, 4.69) is 0 Å². The van der Waals surface area contributed by atoms with Crippen molar-refractivity contribution in [2.75, 3.05) is 6.61 Å². The van der Waals surface area contributed by atoms with Crippen molar-refractivity contribution in [2.24, 2.45) is 0 Å². The van der Waals surface area contributed by atoms with Gasteiger partial charge in [0.25, 0.3) is 0 Å². The quantitative estimate of drug-likeness (QED) is 0.594. The molecular weight excluding hydrogens is 424 g/mol. The van der Waals surface area contributed by atoms with Gasteiger partial charge in [0.15, 0.2) is 6.29 Å². The van der Waals surface area contributed by atoms with Gasteiger partial charge in [0.2, 0.25) is 0 Å². The average molecular weight is 451 g/mol. The van der Waals surface area contributed by atoms with E-state index in [0.717, 1.165) is 16.0 Å². The van der Waals surface area contributed by atoms with Crippen LogP contribution in [0.25, 0.3) is 0 Å². The molecule has 2 saturated heterocycles. The molecule has 3 aromatic carbocycles. The molecule has 2 fully saturated rings. The first-order valence-corrected chi connectivity index (χ1v) is 11.7. The van der Waals surface area contributed by atoms with Crippen LogP contribution in [-0.2, 0) is 25.6 Å². The third kappa shape index (κ3) is 4.91. The fourth-order valence-corrected chi connectivity index (χ4v) is 5.11. The second-order valence-electron chi connectivity index (χ2n) is 7.90. The summed E-state index contributed by atoms with van der Waals surface area (Å²) in [7, 11) is 0. The molecular formula is C26H26O5S. The predicted octanol–water partition coefficient (Wildman–Crippen LogP) is 4.56. The summed E-state index contributed by atoms with van der Waals surface area (Å²) >= 11 is 1.49. The molecule has 0 bridgehead atoms. The fraction of sp³-hybridized carbons (Fsp3) is 0.308. The lowest BCUT2D eigenvalue weighted by Crippen LogP contribution is -2.61. The van der Waals surface area contributed by atoms with Gasteiger partial charge < -0.3 is 24.1 Å². The molecule has 0 amide bonds. The molecule has 1 N–H and O–H groups in total. The summed E-state index contributed by atoms with van der Waals surface area (Å²) in [5.74, 6) is 0. The Morgan fingerprint density at radius 3 is 2.22 bits per heavy atom. The van der Waals surface area contributed by atoms with E-state index in [4.69, 9.17) is 18.9 Å². The summed E-state index contributed by atoms with van der Waals surface area (Å²) in [4.78, 5) is 1.02. The van der Waals surface area contributed by atoms with Gasteiger partial charge >= 0.3 is 0 Å². The zero-order valence-corrected chi connectivity index (χ0v) is 18.3. The van der Waals surface area contributed by atoms with Gasteiger partial charge in [-0.3, -0.25) is 0 Å². The van der Waals surface area contributed by atoms with E-state index in [1.807, 2.05) is 91.0 Å². The van der Waals surface area contributed by atoms with Crippen molar-refractivity contribution in [3.63, 3.8) is 0 Å². The molecule has 0 radical (unpaired) electrons. The number of aliphatic hydroxyl groups excluding tert-OH is 1. The monoisotopic (exact) mass is 450 g/mol. The van der Waals surface area contributed by atoms with Gasteiger partial charge in [-0.25, -0.2) is 0 Å². The van der Waals surface area contributed by atoms with Crippen molar-refractivity contribution in [2.45, 2.75) is 47.6 Å². The summed E-state index contributed by atoms with van der Waals surface area (Å²) in [6, 6.07) is 29.7. The fourth-order valence-electron chi connectivity index (χ4n) is 4.03. The Morgan fingerprint density at radius 2 is 1.50 bits per heavy atom. The van der Waals surface area contributed by atoms with Gasteiger partial charge in [0.05, 0.1) is 13.2 Å². The van der Waals surface area contributed by atoms with Crippen LogP contribution in [0, 0.1) is 0 Å². The zero-order chi connectivity index (χ0) is 21.8. The van der Waals surface area contributed by atoms with Crippen LogP contribution in [0.1, 0.15) is 17.4 Å². The topological polar surface area (TPSA) is 57.2 Å². The highest BCUT2D eigenvalue weighted by molar-refractivity contribution is 7.99. The van der Waals surface area contributed by atoms with E-state index in [1.165, 1.54) is 11.8 Å².